The van der Waals surface area contributed by atoms with Crippen molar-refractivity contribution in [1.29, 1.82) is 0 Å². The fraction of sp³-hybridized carbons (Fsp3) is 0.154. The lowest BCUT2D eigenvalue weighted by Crippen LogP contribution is -2.02. The molecule has 0 fully saturated rings. The van der Waals surface area contributed by atoms with Crippen LogP contribution in [-0.2, 0) is 6.42 Å². The Kier molecular flexibility index (Phi) is 4.31. The lowest BCUT2D eigenvalue weighted by Gasteiger charge is -2.13. The first-order chi connectivity index (χ1) is 15.7. The summed E-state index contributed by atoms with van der Waals surface area (Å²) in [4.78, 5) is 18.3. The Bertz CT molecular complexity index is 1530. The molecule has 0 spiro atoms. The van der Waals surface area contributed by atoms with E-state index in [1.807, 2.05) is 49.8 Å². The zero-order valence-corrected chi connectivity index (χ0v) is 17.6. The van der Waals surface area contributed by atoms with Crippen LogP contribution in [0.5, 0.6) is 0 Å². The third-order valence-electron chi connectivity index (χ3n) is 5.92. The summed E-state index contributed by atoms with van der Waals surface area (Å²) in [6.07, 6.45) is 12.4. The number of benzene rings is 1. The standard InChI is InChI=1S/C26H20FN5/c1-16-14-32-15-19(12-22(27)26(32)30-16)20-6-2-3-7-24-21(20)13-29-25(31-24)18-8-9-23-17(11-18)5-4-10-28-23/h4-6,8-15H,2-3,7H2,1H3. The second kappa shape index (κ2) is 7.34. The van der Waals surface area contributed by atoms with Crippen molar-refractivity contribution < 1.29 is 4.39 Å². The number of aryl methyl sites for hydroxylation is 2. The molecule has 156 valence electrons. The van der Waals surface area contributed by atoms with Gasteiger partial charge in [-0.15, -0.1) is 0 Å². The Morgan fingerprint density at radius 3 is 2.88 bits per heavy atom. The molecule has 0 aliphatic heterocycles. The molecule has 6 heteroatoms. The van der Waals surface area contributed by atoms with E-state index in [9.17, 15) is 4.39 Å². The van der Waals surface area contributed by atoms with Crippen LogP contribution >= 0.6 is 0 Å². The van der Waals surface area contributed by atoms with Crippen molar-refractivity contribution in [3.05, 3.63) is 95.6 Å². The van der Waals surface area contributed by atoms with Gasteiger partial charge >= 0.3 is 0 Å². The molecular formula is C26H20FN5. The lowest BCUT2D eigenvalue weighted by atomic mass is 9.99. The third kappa shape index (κ3) is 3.15. The van der Waals surface area contributed by atoms with Gasteiger partial charge in [-0.05, 0) is 62.1 Å². The Morgan fingerprint density at radius 2 is 1.94 bits per heavy atom. The van der Waals surface area contributed by atoms with Crippen LogP contribution in [0.15, 0.2) is 67.3 Å². The summed E-state index contributed by atoms with van der Waals surface area (Å²) >= 11 is 0. The zero-order chi connectivity index (χ0) is 21.7. The van der Waals surface area contributed by atoms with Gasteiger partial charge in [0.15, 0.2) is 17.3 Å². The second-order valence-electron chi connectivity index (χ2n) is 8.16. The number of nitrogens with zero attached hydrogens (tertiary/aromatic N) is 5. The number of aromatic nitrogens is 5. The molecule has 4 aromatic heterocycles. The van der Waals surface area contributed by atoms with E-state index in [0.29, 0.717) is 11.5 Å². The van der Waals surface area contributed by atoms with Crippen molar-refractivity contribution in [2.75, 3.05) is 0 Å². The average Bonchev–Trinajstić information content (AvgIpc) is 3.06. The molecule has 0 atom stereocenters. The Balaban J connectivity index is 1.45. The van der Waals surface area contributed by atoms with Gasteiger partial charge in [0.25, 0.3) is 0 Å². The van der Waals surface area contributed by atoms with Crippen molar-refractivity contribution in [1.82, 2.24) is 24.3 Å². The van der Waals surface area contributed by atoms with Crippen molar-refractivity contribution in [3.63, 3.8) is 0 Å². The highest BCUT2D eigenvalue weighted by atomic mass is 19.1. The molecule has 0 bridgehead atoms. The summed E-state index contributed by atoms with van der Waals surface area (Å²) in [6.45, 7) is 1.87. The zero-order valence-electron chi connectivity index (χ0n) is 17.6. The minimum absolute atomic E-state index is 0.329. The first-order valence-electron chi connectivity index (χ1n) is 10.7. The van der Waals surface area contributed by atoms with Crippen molar-refractivity contribution >= 4 is 22.1 Å². The normalized spacial score (nSPS) is 13.8. The number of halogens is 1. The van der Waals surface area contributed by atoms with Crippen LogP contribution in [-0.4, -0.2) is 24.3 Å². The molecule has 0 saturated carbocycles. The molecule has 0 saturated heterocycles. The van der Waals surface area contributed by atoms with E-state index < -0.39 is 0 Å². The second-order valence-corrected chi connectivity index (χ2v) is 8.16. The van der Waals surface area contributed by atoms with Crippen LogP contribution in [0.4, 0.5) is 4.39 Å². The van der Waals surface area contributed by atoms with Crippen molar-refractivity contribution in [3.8, 4) is 11.4 Å². The van der Waals surface area contributed by atoms with Gasteiger partial charge in [0.05, 0.1) is 16.9 Å². The molecule has 6 rings (SSSR count). The van der Waals surface area contributed by atoms with Gasteiger partial charge in [-0.25, -0.2) is 19.3 Å². The number of hydrogen-bond acceptors (Lipinski definition) is 4. The maximum atomic E-state index is 14.8. The number of pyridine rings is 2. The van der Waals surface area contributed by atoms with Gasteiger partial charge < -0.3 is 4.40 Å². The van der Waals surface area contributed by atoms with Crippen LogP contribution in [0.2, 0.25) is 0 Å². The predicted octanol–water partition coefficient (Wildman–Crippen LogP) is 5.56. The SMILES string of the molecule is Cc1cn2cc(C3=CCCCc4nc(-c5ccc6ncccc6c5)ncc43)cc(F)c2n1. The van der Waals surface area contributed by atoms with E-state index in [2.05, 4.69) is 22.1 Å². The number of hydrogen-bond donors (Lipinski definition) is 0. The smallest absolute Gasteiger partial charge is 0.173 e. The molecule has 5 nitrogen and oxygen atoms in total. The summed E-state index contributed by atoms with van der Waals surface area (Å²) in [7, 11) is 0. The van der Waals surface area contributed by atoms with E-state index in [1.165, 1.54) is 0 Å². The van der Waals surface area contributed by atoms with Gasteiger partial charge in [-0.1, -0.05) is 12.1 Å². The molecular weight excluding hydrogens is 401 g/mol. The molecule has 1 aliphatic rings. The molecule has 0 radical (unpaired) electrons. The summed E-state index contributed by atoms with van der Waals surface area (Å²) < 4.78 is 16.5. The number of fused-ring (bicyclic) bond motifs is 3. The number of imidazole rings is 1. The topological polar surface area (TPSA) is 56.0 Å². The third-order valence-corrected chi connectivity index (χ3v) is 5.92. The molecule has 0 N–H and O–H groups in total. The van der Waals surface area contributed by atoms with Gasteiger partial charge in [0.1, 0.15) is 0 Å². The largest absolute Gasteiger partial charge is 0.304 e. The van der Waals surface area contributed by atoms with E-state index in [-0.39, 0.29) is 5.82 Å². The first kappa shape index (κ1) is 18.8. The molecule has 0 amide bonds. The van der Waals surface area contributed by atoms with E-state index in [0.717, 1.165) is 63.8 Å². The maximum Gasteiger partial charge on any atom is 0.173 e. The minimum atomic E-state index is -0.329. The summed E-state index contributed by atoms with van der Waals surface area (Å²) in [5.41, 5.74) is 6.78. The van der Waals surface area contributed by atoms with Crippen LogP contribution in [0, 0.1) is 12.7 Å². The molecule has 1 aromatic carbocycles. The fourth-order valence-corrected chi connectivity index (χ4v) is 4.41. The highest BCUT2D eigenvalue weighted by Crippen LogP contribution is 2.32. The Morgan fingerprint density at radius 1 is 1.00 bits per heavy atom. The lowest BCUT2D eigenvalue weighted by molar-refractivity contribution is 0.629. The average molecular weight is 421 g/mol. The highest BCUT2D eigenvalue weighted by molar-refractivity contribution is 5.84. The summed E-state index contributed by atoms with van der Waals surface area (Å²) in [5, 5.41) is 1.06. The summed E-state index contributed by atoms with van der Waals surface area (Å²) in [5.74, 6) is 0.368. The predicted molar refractivity (Wildman–Crippen MR) is 123 cm³/mol. The molecule has 4 heterocycles. The maximum absolute atomic E-state index is 14.8. The van der Waals surface area contributed by atoms with Gasteiger partial charge in [-0.3, -0.25) is 4.98 Å². The molecule has 32 heavy (non-hydrogen) atoms. The first-order valence-corrected chi connectivity index (χ1v) is 10.7. The van der Waals surface area contributed by atoms with E-state index in [4.69, 9.17) is 9.97 Å². The van der Waals surface area contributed by atoms with E-state index >= 15 is 0 Å². The quantitative estimate of drug-likeness (QED) is 0.375. The van der Waals surface area contributed by atoms with Crippen molar-refractivity contribution in [2.24, 2.45) is 0 Å². The number of rotatable bonds is 2. The fourth-order valence-electron chi connectivity index (χ4n) is 4.41. The van der Waals surface area contributed by atoms with Crippen LogP contribution < -0.4 is 0 Å². The summed E-state index contributed by atoms with van der Waals surface area (Å²) in [6, 6.07) is 11.6. The van der Waals surface area contributed by atoms with Crippen molar-refractivity contribution in [2.45, 2.75) is 26.2 Å². The molecule has 1 aliphatic carbocycles. The van der Waals surface area contributed by atoms with E-state index in [1.54, 1.807) is 16.7 Å². The van der Waals surface area contributed by atoms with Gasteiger partial charge in [-0.2, -0.15) is 0 Å². The molecule has 0 unspecified atom stereocenters. The van der Waals surface area contributed by atoms with Gasteiger partial charge in [0.2, 0.25) is 0 Å². The van der Waals surface area contributed by atoms with Crippen LogP contribution in [0.1, 0.15) is 35.4 Å². The van der Waals surface area contributed by atoms with Gasteiger partial charge in [0, 0.05) is 46.9 Å². The van der Waals surface area contributed by atoms with Crippen LogP contribution in [0.3, 0.4) is 0 Å². The minimum Gasteiger partial charge on any atom is -0.304 e. The highest BCUT2D eigenvalue weighted by Gasteiger charge is 2.18. The monoisotopic (exact) mass is 421 g/mol. The molecule has 5 aromatic rings. The number of allylic oxidation sites excluding steroid dienone is 1. The van der Waals surface area contributed by atoms with Crippen LogP contribution in [0.25, 0.3) is 33.5 Å². The Hall–Kier alpha value is -3.93. The Labute approximate surface area is 184 Å².